The highest BCUT2D eigenvalue weighted by Crippen LogP contribution is 2.52. The van der Waals surface area contributed by atoms with E-state index in [1.54, 1.807) is 0 Å². The summed E-state index contributed by atoms with van der Waals surface area (Å²) in [6.45, 7) is 4.24. The molecule has 1 nitrogen and oxygen atoms in total. The molecule has 2 rings (SSSR count). The molecule has 12 heavy (non-hydrogen) atoms. The van der Waals surface area contributed by atoms with Crippen LogP contribution in [0.4, 0.5) is 0 Å². The molecule has 0 amide bonds. The van der Waals surface area contributed by atoms with Gasteiger partial charge in [-0.3, -0.25) is 0 Å². The van der Waals surface area contributed by atoms with E-state index in [2.05, 4.69) is 13.8 Å². The minimum absolute atomic E-state index is 0.444. The summed E-state index contributed by atoms with van der Waals surface area (Å²) in [5.41, 5.74) is 1.08. The monoisotopic (exact) mass is 182 g/mol. The zero-order valence-corrected chi connectivity index (χ0v) is 9.05. The average molecular weight is 182 g/mol. The molecule has 0 aliphatic heterocycles. The fourth-order valence-corrected chi connectivity index (χ4v) is 5.21. The van der Waals surface area contributed by atoms with Gasteiger partial charge in [-0.05, 0) is 36.6 Å². The minimum Gasteiger partial charge on any atom is -0.388 e. The Labute approximate surface area is 76.2 Å². The Morgan fingerprint density at radius 2 is 2.00 bits per heavy atom. The van der Waals surface area contributed by atoms with Gasteiger partial charge in [0.1, 0.15) is 0 Å². The molecular formula is C10H18OSi. The van der Waals surface area contributed by atoms with Gasteiger partial charge in [-0.2, -0.15) is 0 Å². The van der Waals surface area contributed by atoms with Crippen LogP contribution in [0, 0.1) is 11.8 Å². The Morgan fingerprint density at radius 3 is 2.42 bits per heavy atom. The lowest BCUT2D eigenvalue weighted by Gasteiger charge is -2.20. The van der Waals surface area contributed by atoms with Crippen molar-refractivity contribution in [2.45, 2.75) is 50.6 Å². The van der Waals surface area contributed by atoms with Gasteiger partial charge in [-0.15, -0.1) is 0 Å². The molecule has 3 atom stereocenters. The molecule has 2 bridgehead atoms. The van der Waals surface area contributed by atoms with Gasteiger partial charge in [0.2, 0.25) is 0 Å². The van der Waals surface area contributed by atoms with E-state index in [0.717, 1.165) is 11.8 Å². The molecule has 0 N–H and O–H groups in total. The van der Waals surface area contributed by atoms with Crippen LogP contribution < -0.4 is 0 Å². The zero-order chi connectivity index (χ0) is 8.72. The molecule has 2 aliphatic rings. The van der Waals surface area contributed by atoms with Gasteiger partial charge >= 0.3 is 0 Å². The summed E-state index contributed by atoms with van der Waals surface area (Å²) in [6.07, 6.45) is 5.49. The molecule has 0 spiro atoms. The molecule has 0 aromatic rings. The summed E-state index contributed by atoms with van der Waals surface area (Å²) in [7, 11) is -1.26. The molecule has 3 unspecified atom stereocenters. The molecule has 0 radical (unpaired) electrons. The molecule has 0 heterocycles. The van der Waals surface area contributed by atoms with Gasteiger partial charge in [0.25, 0.3) is 8.68 Å². The molecule has 0 saturated heterocycles. The van der Waals surface area contributed by atoms with Crippen molar-refractivity contribution in [3.63, 3.8) is 0 Å². The lowest BCUT2D eigenvalue weighted by molar-refractivity contribution is 0.441. The SMILES string of the molecule is CC(C)[Si](=O)C1CC2CCC1C2. The first kappa shape index (κ1) is 8.61. The third-order valence-corrected chi connectivity index (χ3v) is 6.25. The fourth-order valence-electron chi connectivity index (χ4n) is 3.02. The lowest BCUT2D eigenvalue weighted by atomic mass is 10.0. The van der Waals surface area contributed by atoms with Crippen LogP contribution in [0.25, 0.3) is 0 Å². The summed E-state index contributed by atoms with van der Waals surface area (Å²) in [6, 6.07) is 0. The average Bonchev–Trinajstić information content (AvgIpc) is 2.62. The molecular weight excluding hydrogens is 164 g/mol. The summed E-state index contributed by atoms with van der Waals surface area (Å²) < 4.78 is 11.9. The van der Waals surface area contributed by atoms with Gasteiger partial charge in [0, 0.05) is 5.54 Å². The summed E-state index contributed by atoms with van der Waals surface area (Å²) >= 11 is 0. The Kier molecular flexibility index (Phi) is 2.19. The predicted molar refractivity (Wildman–Crippen MR) is 50.7 cm³/mol. The van der Waals surface area contributed by atoms with Crippen molar-refractivity contribution in [1.82, 2.24) is 0 Å². The first-order valence-electron chi connectivity index (χ1n) is 5.22. The van der Waals surface area contributed by atoms with Crippen LogP contribution >= 0.6 is 0 Å². The molecule has 0 aromatic heterocycles. The van der Waals surface area contributed by atoms with Gasteiger partial charge in [-0.25, -0.2) is 0 Å². The highest BCUT2D eigenvalue weighted by Gasteiger charge is 2.44. The largest absolute Gasteiger partial charge is 0.388 e. The third kappa shape index (κ3) is 1.30. The highest BCUT2D eigenvalue weighted by atomic mass is 28.3. The van der Waals surface area contributed by atoms with Crippen LogP contribution in [0.5, 0.6) is 0 Å². The van der Waals surface area contributed by atoms with Crippen molar-refractivity contribution in [1.29, 1.82) is 0 Å². The Hall–Kier alpha value is 0.0169. The predicted octanol–water partition coefficient (Wildman–Crippen LogP) is 3.01. The van der Waals surface area contributed by atoms with Crippen LogP contribution in [0.3, 0.4) is 0 Å². The molecule has 0 aromatic carbocycles. The van der Waals surface area contributed by atoms with Crippen molar-refractivity contribution >= 4 is 8.68 Å². The van der Waals surface area contributed by atoms with Gasteiger partial charge < -0.3 is 4.46 Å². The Bertz CT molecular complexity index is 200. The molecule has 2 heteroatoms. The van der Waals surface area contributed by atoms with E-state index in [0.29, 0.717) is 11.1 Å². The van der Waals surface area contributed by atoms with Crippen molar-refractivity contribution in [3.05, 3.63) is 0 Å². The van der Waals surface area contributed by atoms with E-state index < -0.39 is 8.68 Å². The van der Waals surface area contributed by atoms with Crippen molar-refractivity contribution < 1.29 is 4.46 Å². The van der Waals surface area contributed by atoms with Crippen LogP contribution in [0.15, 0.2) is 0 Å². The van der Waals surface area contributed by atoms with Crippen molar-refractivity contribution in [2.24, 2.45) is 11.8 Å². The van der Waals surface area contributed by atoms with Crippen molar-refractivity contribution in [3.8, 4) is 0 Å². The van der Waals surface area contributed by atoms with Gasteiger partial charge in [-0.1, -0.05) is 20.3 Å². The van der Waals surface area contributed by atoms with Crippen molar-refractivity contribution in [2.75, 3.05) is 0 Å². The molecule has 2 fully saturated rings. The van der Waals surface area contributed by atoms with E-state index in [1.807, 2.05) is 0 Å². The topological polar surface area (TPSA) is 17.1 Å². The Balaban J connectivity index is 2.02. The normalized spacial score (nSPS) is 39.4. The third-order valence-electron chi connectivity index (χ3n) is 3.67. The number of rotatable bonds is 2. The van der Waals surface area contributed by atoms with Gasteiger partial charge in [0.15, 0.2) is 0 Å². The first-order valence-corrected chi connectivity index (χ1v) is 6.78. The van der Waals surface area contributed by atoms with Crippen LogP contribution in [0.2, 0.25) is 11.1 Å². The summed E-state index contributed by atoms with van der Waals surface area (Å²) in [4.78, 5) is 0. The maximum atomic E-state index is 11.9. The molecule has 2 aliphatic carbocycles. The van der Waals surface area contributed by atoms with Crippen LogP contribution in [0.1, 0.15) is 39.5 Å². The second-order valence-electron chi connectivity index (χ2n) is 4.84. The quantitative estimate of drug-likeness (QED) is 0.600. The standard InChI is InChI=1S/C10H18OSi/c1-7(2)12(11)10-6-8-3-4-9(10)5-8/h7-10H,3-6H2,1-2H3. The van der Waals surface area contributed by atoms with Gasteiger partial charge in [0.05, 0.1) is 0 Å². The van der Waals surface area contributed by atoms with E-state index in [-0.39, 0.29) is 0 Å². The van der Waals surface area contributed by atoms with E-state index >= 15 is 0 Å². The second kappa shape index (κ2) is 3.06. The van der Waals surface area contributed by atoms with E-state index in [4.69, 9.17) is 0 Å². The summed E-state index contributed by atoms with van der Waals surface area (Å²) in [5.74, 6) is 1.80. The maximum Gasteiger partial charge on any atom is 0.282 e. The van der Waals surface area contributed by atoms with E-state index in [9.17, 15) is 4.46 Å². The molecule has 68 valence electrons. The maximum absolute atomic E-state index is 11.9. The number of hydrogen-bond donors (Lipinski definition) is 0. The lowest BCUT2D eigenvalue weighted by Crippen LogP contribution is -2.19. The Morgan fingerprint density at radius 1 is 1.25 bits per heavy atom. The second-order valence-corrected chi connectivity index (χ2v) is 7.54. The minimum atomic E-state index is -1.26. The van der Waals surface area contributed by atoms with Crippen LogP contribution in [-0.2, 0) is 4.46 Å². The first-order chi connectivity index (χ1) is 5.68. The molecule has 2 saturated carbocycles. The van der Waals surface area contributed by atoms with Crippen LogP contribution in [-0.4, -0.2) is 8.68 Å². The number of fused-ring (bicyclic) bond motifs is 2. The zero-order valence-electron chi connectivity index (χ0n) is 8.05. The summed E-state index contributed by atoms with van der Waals surface area (Å²) in [5, 5.41) is 0. The smallest absolute Gasteiger partial charge is 0.282 e. The number of hydrogen-bond acceptors (Lipinski definition) is 1. The van der Waals surface area contributed by atoms with E-state index in [1.165, 1.54) is 25.7 Å². The fraction of sp³-hybridized carbons (Fsp3) is 1.00. The highest BCUT2D eigenvalue weighted by molar-refractivity contribution is 6.46.